The number of hydrazone groups is 1. The minimum absolute atomic E-state index is 0.0133. The zero-order valence-electron chi connectivity index (χ0n) is 20.1. The van der Waals surface area contributed by atoms with Crippen LogP contribution in [-0.4, -0.2) is 47.3 Å². The number of ether oxygens (including phenoxy) is 3. The van der Waals surface area contributed by atoms with Gasteiger partial charge in [-0.3, -0.25) is 10.2 Å². The smallest absolute Gasteiger partial charge is 0.283 e. The topological polar surface area (TPSA) is 96.6 Å². The van der Waals surface area contributed by atoms with Crippen molar-refractivity contribution in [3.05, 3.63) is 95.6 Å². The number of amides is 1. The van der Waals surface area contributed by atoms with E-state index in [0.29, 0.717) is 42.1 Å². The Morgan fingerprint density at radius 3 is 2.38 bits per heavy atom. The number of hydrogen-bond acceptors (Lipinski definition) is 7. The first-order chi connectivity index (χ1) is 18.1. The van der Waals surface area contributed by atoms with Gasteiger partial charge in [0.2, 0.25) is 5.17 Å². The number of rotatable bonds is 9. The molecule has 2 aliphatic rings. The van der Waals surface area contributed by atoms with Gasteiger partial charge in [0.15, 0.2) is 17.3 Å². The van der Waals surface area contributed by atoms with Crippen molar-refractivity contribution in [3.8, 4) is 17.2 Å². The number of fused-ring (bicyclic) bond motifs is 1. The summed E-state index contributed by atoms with van der Waals surface area (Å²) in [7, 11) is 1.60. The number of carbonyl (C=O) groups excluding carboxylic acids is 1. The molecule has 0 radical (unpaired) electrons. The number of thioether (sulfide) groups is 1. The number of nitrogens with zero attached hydrogens (tertiary/aromatic N) is 3. The predicted molar refractivity (Wildman–Crippen MR) is 146 cm³/mol. The quantitative estimate of drug-likeness (QED) is 0.320. The molecule has 2 heterocycles. The average Bonchev–Trinajstić information content (AvgIpc) is 3.32. The van der Waals surface area contributed by atoms with Gasteiger partial charge in [-0.15, -0.1) is 0 Å². The minimum Gasteiger partial charge on any atom is -0.493 e. The minimum atomic E-state index is -0.450. The molecular formula is C28H24N4O4S. The van der Waals surface area contributed by atoms with Crippen molar-refractivity contribution in [1.82, 2.24) is 5.01 Å². The second-order valence-corrected chi connectivity index (χ2v) is 9.13. The Hall–Kier alpha value is -4.37. The van der Waals surface area contributed by atoms with Crippen LogP contribution in [0.15, 0.2) is 94.5 Å². The molecule has 0 unspecified atom stereocenters. The maximum atomic E-state index is 12.7. The highest BCUT2D eigenvalue weighted by molar-refractivity contribution is 8.26. The third kappa shape index (κ3) is 5.73. The second kappa shape index (κ2) is 11.1. The third-order valence-electron chi connectivity index (χ3n) is 5.56. The first-order valence-corrected chi connectivity index (χ1v) is 12.4. The monoisotopic (exact) mass is 512 g/mol. The van der Waals surface area contributed by atoms with Crippen LogP contribution in [0.4, 0.5) is 0 Å². The normalized spacial score (nSPS) is 15.8. The molecule has 0 atom stereocenters. The molecule has 0 saturated heterocycles. The van der Waals surface area contributed by atoms with Crippen LogP contribution in [0, 0.1) is 5.41 Å². The van der Waals surface area contributed by atoms with E-state index in [1.165, 1.54) is 16.8 Å². The van der Waals surface area contributed by atoms with Gasteiger partial charge in [-0.1, -0.05) is 54.6 Å². The summed E-state index contributed by atoms with van der Waals surface area (Å²) >= 11 is 1.32. The van der Waals surface area contributed by atoms with E-state index >= 15 is 0 Å². The zero-order chi connectivity index (χ0) is 25.6. The number of nitrogens with one attached hydrogen (secondary N) is 1. The van der Waals surface area contributed by atoms with Crippen LogP contribution < -0.4 is 14.2 Å². The highest BCUT2D eigenvalue weighted by Crippen LogP contribution is 2.30. The largest absolute Gasteiger partial charge is 0.493 e. The third-order valence-corrected chi connectivity index (χ3v) is 6.47. The van der Waals surface area contributed by atoms with E-state index in [0.717, 1.165) is 16.2 Å². The molecule has 0 saturated carbocycles. The van der Waals surface area contributed by atoms with Crippen LogP contribution in [0.2, 0.25) is 0 Å². The maximum Gasteiger partial charge on any atom is 0.283 e. The molecule has 1 N–H and O–H groups in total. The van der Waals surface area contributed by atoms with Gasteiger partial charge in [-0.2, -0.15) is 15.1 Å². The van der Waals surface area contributed by atoms with E-state index in [9.17, 15) is 4.79 Å². The van der Waals surface area contributed by atoms with E-state index in [1.54, 1.807) is 13.2 Å². The van der Waals surface area contributed by atoms with Gasteiger partial charge in [0, 0.05) is 6.42 Å². The van der Waals surface area contributed by atoms with Crippen LogP contribution in [-0.2, 0) is 11.2 Å². The van der Waals surface area contributed by atoms with Crippen LogP contribution in [0.3, 0.4) is 0 Å². The Morgan fingerprint density at radius 1 is 0.919 bits per heavy atom. The SMILES string of the molecule is COc1ccccc1OCCOc1ccc(/C=C2/C(=N)N3N=C(Cc4ccccc4)SC3=NC2=O)cc1. The standard InChI is InChI=1S/C28H24N4O4S/c1-34-23-9-5-6-10-24(23)36-16-15-35-21-13-11-20(12-14-21)17-22-26(29)32-28(30-27(22)33)37-25(31-32)18-19-7-3-2-4-8-19/h2-14,17,29H,15-16,18H2,1H3/b22-17-,29-26?. The van der Waals surface area contributed by atoms with E-state index < -0.39 is 5.91 Å². The number of aliphatic imine (C=N–C) groups is 1. The average molecular weight is 513 g/mol. The van der Waals surface area contributed by atoms with Gasteiger partial charge >= 0.3 is 0 Å². The number of carbonyl (C=O) groups is 1. The lowest BCUT2D eigenvalue weighted by Gasteiger charge is -2.20. The Morgan fingerprint density at radius 2 is 1.62 bits per heavy atom. The van der Waals surface area contributed by atoms with Crippen molar-refractivity contribution >= 4 is 39.8 Å². The molecule has 37 heavy (non-hydrogen) atoms. The van der Waals surface area contributed by atoms with Gasteiger partial charge in [-0.25, -0.2) is 0 Å². The predicted octanol–water partition coefficient (Wildman–Crippen LogP) is 5.01. The number of amidine groups is 2. The number of benzene rings is 3. The molecule has 8 nitrogen and oxygen atoms in total. The Balaban J connectivity index is 1.19. The van der Waals surface area contributed by atoms with E-state index in [-0.39, 0.29) is 11.4 Å². The highest BCUT2D eigenvalue weighted by Gasteiger charge is 2.35. The van der Waals surface area contributed by atoms with Crippen molar-refractivity contribution < 1.29 is 19.0 Å². The molecule has 0 fully saturated rings. The van der Waals surface area contributed by atoms with Crippen LogP contribution in [0.25, 0.3) is 6.08 Å². The van der Waals surface area contributed by atoms with Gasteiger partial charge in [0.1, 0.15) is 24.0 Å². The molecule has 1 amide bonds. The van der Waals surface area contributed by atoms with Crippen molar-refractivity contribution in [1.29, 1.82) is 5.41 Å². The lowest BCUT2D eigenvalue weighted by atomic mass is 10.1. The van der Waals surface area contributed by atoms with Gasteiger partial charge in [-0.05, 0) is 53.2 Å². The van der Waals surface area contributed by atoms with Crippen molar-refractivity contribution in [2.24, 2.45) is 10.1 Å². The molecule has 9 heteroatoms. The van der Waals surface area contributed by atoms with E-state index in [2.05, 4.69) is 10.1 Å². The van der Waals surface area contributed by atoms with Crippen LogP contribution >= 0.6 is 11.8 Å². The number of para-hydroxylation sites is 2. The summed E-state index contributed by atoms with van der Waals surface area (Å²) in [6.07, 6.45) is 2.27. The molecule has 3 aromatic carbocycles. The van der Waals surface area contributed by atoms with Crippen molar-refractivity contribution in [3.63, 3.8) is 0 Å². The lowest BCUT2D eigenvalue weighted by molar-refractivity contribution is -0.114. The fourth-order valence-corrected chi connectivity index (χ4v) is 4.67. The number of hydrogen-bond donors (Lipinski definition) is 1. The molecular weight excluding hydrogens is 488 g/mol. The Kier molecular flexibility index (Phi) is 7.32. The summed E-state index contributed by atoms with van der Waals surface area (Å²) in [6, 6.07) is 24.7. The second-order valence-electron chi connectivity index (χ2n) is 8.09. The molecule has 2 aliphatic heterocycles. The lowest BCUT2D eigenvalue weighted by Crippen LogP contribution is -2.35. The van der Waals surface area contributed by atoms with Crippen molar-refractivity contribution in [2.45, 2.75) is 6.42 Å². The molecule has 0 bridgehead atoms. The van der Waals surface area contributed by atoms with Gasteiger partial charge in [0.05, 0.1) is 12.7 Å². The first-order valence-electron chi connectivity index (χ1n) is 11.6. The Bertz CT molecular complexity index is 1400. The fourth-order valence-electron chi connectivity index (χ4n) is 3.75. The summed E-state index contributed by atoms with van der Waals surface area (Å²) in [5.74, 6) is 1.56. The molecule has 186 valence electrons. The first kappa shape index (κ1) is 24.3. The molecule has 0 aliphatic carbocycles. The van der Waals surface area contributed by atoms with Crippen LogP contribution in [0.1, 0.15) is 11.1 Å². The zero-order valence-corrected chi connectivity index (χ0v) is 20.9. The van der Waals surface area contributed by atoms with Crippen molar-refractivity contribution in [2.75, 3.05) is 20.3 Å². The molecule has 5 rings (SSSR count). The Labute approximate surface area is 218 Å². The summed E-state index contributed by atoms with van der Waals surface area (Å²) in [5.41, 5.74) is 2.05. The molecule has 0 spiro atoms. The van der Waals surface area contributed by atoms with Gasteiger partial charge in [0.25, 0.3) is 5.91 Å². The summed E-state index contributed by atoms with van der Waals surface area (Å²) in [4.78, 5) is 16.8. The van der Waals surface area contributed by atoms with E-state index in [4.69, 9.17) is 19.6 Å². The molecule has 3 aromatic rings. The maximum absolute atomic E-state index is 12.7. The number of methoxy groups -OCH3 is 1. The summed E-state index contributed by atoms with van der Waals surface area (Å²) < 4.78 is 16.8. The van der Waals surface area contributed by atoms with E-state index in [1.807, 2.05) is 78.9 Å². The molecule has 0 aromatic heterocycles. The fraction of sp³-hybridized carbons (Fsp3) is 0.143. The summed E-state index contributed by atoms with van der Waals surface area (Å²) in [5, 5.41) is 15.7. The highest BCUT2D eigenvalue weighted by atomic mass is 32.2. The van der Waals surface area contributed by atoms with Crippen LogP contribution in [0.5, 0.6) is 17.2 Å². The van der Waals surface area contributed by atoms with Gasteiger partial charge < -0.3 is 14.2 Å². The summed E-state index contributed by atoms with van der Waals surface area (Å²) in [6.45, 7) is 0.716.